The molecule has 5 aromatic rings. The normalized spacial score (nSPS) is 19.5. The van der Waals surface area contributed by atoms with Gasteiger partial charge in [0, 0.05) is 57.5 Å². The fourth-order valence-corrected chi connectivity index (χ4v) is 11.5. The number of benzene rings is 3. The highest BCUT2D eigenvalue weighted by molar-refractivity contribution is 7.13. The Labute approximate surface area is 434 Å². The molecule has 3 aliphatic heterocycles. The molecule has 0 unspecified atom stereocenters. The number of hydrogen-bond acceptors (Lipinski definition) is 12. The number of hydrogen-bond donors (Lipinski definition) is 4. The highest BCUT2D eigenvalue weighted by Gasteiger charge is 2.47. The summed E-state index contributed by atoms with van der Waals surface area (Å²) in [5, 5.41) is 19.6. The molecule has 0 aliphatic carbocycles. The molecule has 2 aromatic heterocycles. The topological polar surface area (TPSA) is 203 Å². The van der Waals surface area contributed by atoms with E-state index in [4.69, 9.17) is 4.74 Å². The molecular weight excluding hydrogens is 965 g/mol. The smallest absolute Gasteiger partial charge is 0.255 e. The summed E-state index contributed by atoms with van der Waals surface area (Å²) in [5.41, 5.74) is 9.64. The molecule has 0 radical (unpaired) electrons. The summed E-state index contributed by atoms with van der Waals surface area (Å²) in [5.74, 6) is -2.63. The number of thiazole rings is 2. The number of nitrogens with one attached hydrogen (secondary N) is 3. The molecule has 8 rings (SSSR count). The monoisotopic (exact) mass is 1030 g/mol. The second kappa shape index (κ2) is 22.7. The number of likely N-dealkylation sites (tertiary alicyclic amines) is 2. The summed E-state index contributed by atoms with van der Waals surface area (Å²) >= 11 is 3.07. The summed E-state index contributed by atoms with van der Waals surface area (Å²) in [4.78, 5) is 99.5. The molecule has 18 heteroatoms. The van der Waals surface area contributed by atoms with Crippen LogP contribution in [0.25, 0.3) is 27.0 Å². The van der Waals surface area contributed by atoms with Gasteiger partial charge in [0.05, 0.1) is 51.0 Å². The molecule has 3 aliphatic rings. The fourth-order valence-electron chi connectivity index (χ4n) is 9.89. The first kappa shape index (κ1) is 52.7. The maximum Gasteiger partial charge on any atom is 0.255 e. The van der Waals surface area contributed by atoms with Crippen molar-refractivity contribution in [1.82, 2.24) is 40.6 Å². The van der Waals surface area contributed by atoms with E-state index in [0.29, 0.717) is 5.56 Å². The summed E-state index contributed by atoms with van der Waals surface area (Å²) in [6.07, 6.45) is 0.215. The molecule has 16 nitrogen and oxygen atoms in total. The predicted molar refractivity (Wildman–Crippen MR) is 281 cm³/mol. The Hall–Kier alpha value is -6.60. The number of fused-ring (bicyclic) bond motifs is 1. The summed E-state index contributed by atoms with van der Waals surface area (Å²) in [6.45, 7) is 15.6. The third-order valence-electron chi connectivity index (χ3n) is 13.8. The van der Waals surface area contributed by atoms with E-state index in [1.165, 1.54) is 21.1 Å². The number of ether oxygens (including phenoxy) is 1. The van der Waals surface area contributed by atoms with E-state index < -0.39 is 59.5 Å². The number of rotatable bonds is 18. The van der Waals surface area contributed by atoms with E-state index in [0.717, 1.165) is 49.0 Å². The van der Waals surface area contributed by atoms with Gasteiger partial charge >= 0.3 is 0 Å². The molecule has 6 amide bonds. The number of amides is 6. The third-order valence-corrected chi connectivity index (χ3v) is 15.7. The summed E-state index contributed by atoms with van der Waals surface area (Å²) in [7, 11) is 0. The number of aliphatic hydroxyl groups is 1. The van der Waals surface area contributed by atoms with Crippen LogP contribution in [0.1, 0.15) is 92.3 Å². The van der Waals surface area contributed by atoms with Crippen LogP contribution in [0.4, 0.5) is 0 Å². The maximum atomic E-state index is 14.8. The highest BCUT2D eigenvalue weighted by Crippen LogP contribution is 2.33. The molecule has 2 saturated heterocycles. The zero-order valence-electron chi connectivity index (χ0n) is 42.1. The van der Waals surface area contributed by atoms with Crippen LogP contribution in [0, 0.1) is 18.3 Å². The largest absolute Gasteiger partial charge is 0.391 e. The van der Waals surface area contributed by atoms with E-state index in [1.807, 2.05) is 102 Å². The Morgan fingerprint density at radius 3 is 2.00 bits per heavy atom. The molecule has 5 heterocycles. The van der Waals surface area contributed by atoms with Gasteiger partial charge in [-0.1, -0.05) is 108 Å². The number of nitrogens with zero attached hydrogens (tertiary/aromatic N) is 5. The van der Waals surface area contributed by atoms with Crippen molar-refractivity contribution in [3.8, 4) is 20.9 Å². The van der Waals surface area contributed by atoms with Crippen LogP contribution in [0.15, 0.2) is 90.4 Å². The molecular formula is C55H64N8O8S2. The Bertz CT molecular complexity index is 2840. The first-order valence-electron chi connectivity index (χ1n) is 24.7. The van der Waals surface area contributed by atoms with Crippen molar-refractivity contribution >= 4 is 64.2 Å². The molecule has 73 heavy (non-hydrogen) atoms. The van der Waals surface area contributed by atoms with Crippen LogP contribution in [0.5, 0.6) is 0 Å². The van der Waals surface area contributed by atoms with Crippen LogP contribution in [0.3, 0.4) is 0 Å². The zero-order valence-corrected chi connectivity index (χ0v) is 43.8. The Morgan fingerprint density at radius 2 is 1.41 bits per heavy atom. The predicted octanol–water partition coefficient (Wildman–Crippen LogP) is 6.37. The highest BCUT2D eigenvalue weighted by atomic mass is 32.1. The van der Waals surface area contributed by atoms with Gasteiger partial charge in [0.2, 0.25) is 29.5 Å². The number of aryl methyl sites for hydroxylation is 1. The number of aromatic nitrogens is 2. The fraction of sp³-hybridized carbons (Fsp3) is 0.418. The van der Waals surface area contributed by atoms with Crippen molar-refractivity contribution in [3.63, 3.8) is 0 Å². The van der Waals surface area contributed by atoms with Crippen LogP contribution in [-0.2, 0) is 48.3 Å². The van der Waals surface area contributed by atoms with E-state index in [-0.39, 0.29) is 82.2 Å². The first-order valence-corrected chi connectivity index (χ1v) is 26.5. The van der Waals surface area contributed by atoms with Gasteiger partial charge in [-0.15, -0.1) is 22.7 Å². The minimum Gasteiger partial charge on any atom is -0.391 e. The second-order valence-corrected chi connectivity index (χ2v) is 22.1. The standard InChI is InChI=1S/C55H64N8O8S2/c1-8-42-48(73-31-59-42)37-19-15-35(16-20-37)26-57-51(67)44-24-40(29-62(44)53(69)46(32(2)3)63-27-38-11-9-10-12-41(38)52(63)68)71-22-21-45(65)60-49(55(5,6)7)54(70)61-28-39(64)23-43(61)50(66)56-25-34-13-17-36(18-14-34)47-33(4)58-30-72-47/h8-20,30-32,39-40,43-44,46,49,64H,1,21-29H2,2-7H3,(H,56,66)(H,57,67)(H,60,65)/t39-,40-,43+,44+,46+,49-/m1/s1. The summed E-state index contributed by atoms with van der Waals surface area (Å²) < 4.78 is 6.28. The van der Waals surface area contributed by atoms with Crippen molar-refractivity contribution in [1.29, 1.82) is 0 Å². The van der Waals surface area contributed by atoms with E-state index in [1.54, 1.807) is 45.5 Å². The third kappa shape index (κ3) is 11.9. The lowest BCUT2D eigenvalue weighted by molar-refractivity contribution is -0.144. The van der Waals surface area contributed by atoms with Crippen LogP contribution < -0.4 is 16.0 Å². The van der Waals surface area contributed by atoms with Gasteiger partial charge < -0.3 is 40.5 Å². The Kier molecular flexibility index (Phi) is 16.4. The number of aliphatic hydroxyl groups excluding tert-OH is 1. The second-order valence-electron chi connectivity index (χ2n) is 20.4. The summed E-state index contributed by atoms with van der Waals surface area (Å²) in [6, 6.07) is 19.1. The SMILES string of the molecule is C=Cc1ncsc1-c1ccc(CNC(=O)[C@@H]2C[C@@H](OCCC(=O)N[C@H](C(=O)N3C[C@H](O)C[C@H]3C(=O)NCc3ccc(-c4scnc4C)cc3)C(C)(C)C)CN2C(=O)[C@H](C(C)C)N2Cc3ccccc3C2=O)cc1. The average molecular weight is 1030 g/mol. The van der Waals surface area contributed by atoms with E-state index in [2.05, 4.69) is 32.5 Å². The molecule has 384 valence electrons. The minimum atomic E-state index is -1.04. The molecule has 6 atom stereocenters. The Morgan fingerprint density at radius 1 is 0.822 bits per heavy atom. The molecule has 2 fully saturated rings. The zero-order chi connectivity index (χ0) is 52.1. The van der Waals surface area contributed by atoms with E-state index >= 15 is 0 Å². The molecule has 3 aromatic carbocycles. The Balaban J connectivity index is 0.900. The van der Waals surface area contributed by atoms with Crippen molar-refractivity contribution in [2.45, 2.75) is 117 Å². The van der Waals surface area contributed by atoms with E-state index in [9.17, 15) is 33.9 Å². The van der Waals surface area contributed by atoms with Crippen molar-refractivity contribution in [2.24, 2.45) is 11.3 Å². The van der Waals surface area contributed by atoms with Crippen LogP contribution in [0.2, 0.25) is 0 Å². The van der Waals surface area contributed by atoms with Crippen molar-refractivity contribution < 1.29 is 38.6 Å². The lowest BCUT2D eigenvalue weighted by Gasteiger charge is -2.35. The number of carbonyl (C=O) groups excluding carboxylic acids is 6. The molecule has 0 saturated carbocycles. The lowest BCUT2D eigenvalue weighted by atomic mass is 9.85. The van der Waals surface area contributed by atoms with Gasteiger partial charge in [0.25, 0.3) is 5.91 Å². The molecule has 4 N–H and O–H groups in total. The van der Waals surface area contributed by atoms with Gasteiger partial charge in [-0.25, -0.2) is 9.97 Å². The van der Waals surface area contributed by atoms with Gasteiger partial charge in [0.15, 0.2) is 0 Å². The van der Waals surface area contributed by atoms with Gasteiger partial charge in [0.1, 0.15) is 24.2 Å². The van der Waals surface area contributed by atoms with Gasteiger partial charge in [-0.05, 0) is 58.2 Å². The van der Waals surface area contributed by atoms with Crippen molar-refractivity contribution in [2.75, 3.05) is 19.7 Å². The van der Waals surface area contributed by atoms with Gasteiger partial charge in [-0.2, -0.15) is 0 Å². The quantitative estimate of drug-likeness (QED) is 0.0764. The maximum absolute atomic E-state index is 14.8. The minimum absolute atomic E-state index is 0.0492. The van der Waals surface area contributed by atoms with Crippen LogP contribution >= 0.6 is 22.7 Å². The molecule has 0 spiro atoms. The lowest BCUT2D eigenvalue weighted by Crippen LogP contribution is -2.57. The number of carbonyl (C=O) groups is 6. The average Bonchev–Trinajstić information content (AvgIpc) is 4.23. The van der Waals surface area contributed by atoms with Gasteiger partial charge in [-0.3, -0.25) is 28.8 Å². The van der Waals surface area contributed by atoms with Crippen molar-refractivity contribution in [3.05, 3.63) is 124 Å². The first-order chi connectivity index (χ1) is 34.9. The molecule has 0 bridgehead atoms. The van der Waals surface area contributed by atoms with Crippen LogP contribution in [-0.4, -0.2) is 121 Å². The number of β-amino-alcohol motifs (C(OH)–C–C–N with tert-alkyl or cyclic N) is 1.